The minimum atomic E-state index is 0.0553. The molecule has 3 aromatic heterocycles. The molecule has 4 rings (SSSR count). The van der Waals surface area contributed by atoms with Gasteiger partial charge in [-0.25, -0.2) is 4.98 Å². The van der Waals surface area contributed by atoms with Crippen LogP contribution in [0.25, 0.3) is 5.52 Å². The molecule has 0 aromatic carbocycles. The second-order valence-corrected chi connectivity index (χ2v) is 6.13. The zero-order chi connectivity index (χ0) is 15.8. The second-order valence-electron chi connectivity index (χ2n) is 6.13. The molecule has 1 unspecified atom stereocenters. The first-order valence-electron chi connectivity index (χ1n) is 7.97. The number of nitrogens with zero attached hydrogens (tertiary/aromatic N) is 4. The Hall–Kier alpha value is -2.63. The van der Waals surface area contributed by atoms with Gasteiger partial charge in [0.1, 0.15) is 0 Å². The van der Waals surface area contributed by atoms with Gasteiger partial charge in [0.15, 0.2) is 0 Å². The van der Waals surface area contributed by atoms with Crippen LogP contribution in [0.2, 0.25) is 0 Å². The summed E-state index contributed by atoms with van der Waals surface area (Å²) in [6, 6.07) is 5.90. The van der Waals surface area contributed by atoms with E-state index in [1.54, 1.807) is 12.5 Å². The Morgan fingerprint density at radius 3 is 3.09 bits per heavy atom. The Morgan fingerprint density at radius 1 is 1.35 bits per heavy atom. The highest BCUT2D eigenvalue weighted by Gasteiger charge is 2.30. The van der Waals surface area contributed by atoms with Gasteiger partial charge < -0.3 is 9.30 Å². The number of rotatable bonds is 2. The van der Waals surface area contributed by atoms with Gasteiger partial charge in [-0.1, -0.05) is 0 Å². The number of nitrogens with one attached hydrogen (secondary N) is 1. The number of H-pyrrole nitrogens is 1. The zero-order valence-corrected chi connectivity index (χ0v) is 13.1. The molecule has 0 saturated carbocycles. The molecule has 1 amide bonds. The van der Waals surface area contributed by atoms with Crippen LogP contribution < -0.4 is 0 Å². The first kappa shape index (κ1) is 14.0. The van der Waals surface area contributed by atoms with Crippen LogP contribution in [0.3, 0.4) is 0 Å². The smallest absolute Gasteiger partial charge is 0.255 e. The standard InChI is InChI=1S/C17H19N5O/c1-12-8-15(20-19-12)16-4-2-3-7-22(16)17(23)13-5-6-14-9-18-11-21(14)10-13/h5-6,8-11,16H,2-4,7H2,1H3,(H,19,20). The van der Waals surface area contributed by atoms with E-state index in [1.165, 1.54) is 0 Å². The van der Waals surface area contributed by atoms with Crippen LogP contribution in [0, 0.1) is 6.92 Å². The van der Waals surface area contributed by atoms with Crippen molar-refractivity contribution in [2.75, 3.05) is 6.54 Å². The molecule has 1 aliphatic rings. The van der Waals surface area contributed by atoms with Crippen molar-refractivity contribution in [2.24, 2.45) is 0 Å². The summed E-state index contributed by atoms with van der Waals surface area (Å²) in [5.74, 6) is 0.0611. The minimum absolute atomic E-state index is 0.0553. The summed E-state index contributed by atoms with van der Waals surface area (Å²) in [6.45, 7) is 2.76. The van der Waals surface area contributed by atoms with E-state index < -0.39 is 0 Å². The predicted molar refractivity (Wildman–Crippen MR) is 86.1 cm³/mol. The van der Waals surface area contributed by atoms with Gasteiger partial charge in [-0.15, -0.1) is 0 Å². The van der Waals surface area contributed by atoms with E-state index in [0.717, 1.165) is 42.7 Å². The topological polar surface area (TPSA) is 66.3 Å². The third kappa shape index (κ3) is 2.50. The summed E-state index contributed by atoms with van der Waals surface area (Å²) < 4.78 is 1.88. The van der Waals surface area contributed by atoms with E-state index in [1.807, 2.05) is 40.6 Å². The molecule has 1 atom stereocenters. The summed E-state index contributed by atoms with van der Waals surface area (Å²) in [5, 5.41) is 7.36. The third-order valence-corrected chi connectivity index (χ3v) is 4.49. The van der Waals surface area contributed by atoms with E-state index in [4.69, 9.17) is 0 Å². The predicted octanol–water partition coefficient (Wildman–Crippen LogP) is 2.73. The number of aromatic nitrogens is 4. The van der Waals surface area contributed by atoms with Gasteiger partial charge in [-0.05, 0) is 44.4 Å². The monoisotopic (exact) mass is 309 g/mol. The van der Waals surface area contributed by atoms with Crippen LogP contribution in [0.1, 0.15) is 47.1 Å². The lowest BCUT2D eigenvalue weighted by atomic mass is 9.98. The van der Waals surface area contributed by atoms with Crippen molar-refractivity contribution >= 4 is 11.4 Å². The first-order valence-corrected chi connectivity index (χ1v) is 7.97. The molecule has 0 spiro atoms. The van der Waals surface area contributed by atoms with Gasteiger partial charge in [0.2, 0.25) is 0 Å². The van der Waals surface area contributed by atoms with Crippen molar-refractivity contribution in [3.63, 3.8) is 0 Å². The fourth-order valence-corrected chi connectivity index (χ4v) is 3.30. The van der Waals surface area contributed by atoms with Crippen molar-refractivity contribution in [2.45, 2.75) is 32.2 Å². The molecular formula is C17H19N5O. The van der Waals surface area contributed by atoms with Crippen molar-refractivity contribution < 1.29 is 4.79 Å². The van der Waals surface area contributed by atoms with Crippen LogP contribution in [-0.2, 0) is 0 Å². The number of carbonyl (C=O) groups is 1. The number of aromatic amines is 1. The Labute approximate surface area is 134 Å². The second kappa shape index (κ2) is 5.53. The molecule has 6 heteroatoms. The number of amides is 1. The van der Waals surface area contributed by atoms with E-state index >= 15 is 0 Å². The number of hydrogen-bond donors (Lipinski definition) is 1. The van der Waals surface area contributed by atoms with E-state index in [9.17, 15) is 4.79 Å². The number of hydrogen-bond acceptors (Lipinski definition) is 3. The number of piperidine rings is 1. The Morgan fingerprint density at radius 2 is 2.26 bits per heavy atom. The molecule has 0 aliphatic carbocycles. The molecular weight excluding hydrogens is 290 g/mol. The highest BCUT2D eigenvalue weighted by Crippen LogP contribution is 2.31. The molecule has 4 heterocycles. The quantitative estimate of drug-likeness (QED) is 0.791. The van der Waals surface area contributed by atoms with Crippen LogP contribution >= 0.6 is 0 Å². The summed E-state index contributed by atoms with van der Waals surface area (Å²) >= 11 is 0. The Kier molecular flexibility index (Phi) is 3.37. The van der Waals surface area contributed by atoms with E-state index in [2.05, 4.69) is 15.2 Å². The van der Waals surface area contributed by atoms with E-state index in [-0.39, 0.29) is 11.9 Å². The average Bonchev–Trinajstić information content (AvgIpc) is 3.22. The van der Waals surface area contributed by atoms with Crippen LogP contribution in [0.5, 0.6) is 0 Å². The van der Waals surface area contributed by atoms with Gasteiger partial charge in [-0.2, -0.15) is 5.10 Å². The number of aryl methyl sites for hydroxylation is 1. The summed E-state index contributed by atoms with van der Waals surface area (Å²) in [7, 11) is 0. The lowest BCUT2D eigenvalue weighted by Gasteiger charge is -2.34. The van der Waals surface area contributed by atoms with Crippen LogP contribution in [-0.4, -0.2) is 36.9 Å². The molecule has 0 bridgehead atoms. The molecule has 118 valence electrons. The van der Waals surface area contributed by atoms with Crippen molar-refractivity contribution in [3.8, 4) is 0 Å². The molecule has 0 radical (unpaired) electrons. The lowest BCUT2D eigenvalue weighted by Crippen LogP contribution is -2.38. The largest absolute Gasteiger partial charge is 0.330 e. The fourth-order valence-electron chi connectivity index (χ4n) is 3.30. The number of pyridine rings is 1. The first-order chi connectivity index (χ1) is 11.2. The average molecular weight is 309 g/mol. The molecule has 1 aliphatic heterocycles. The number of imidazole rings is 1. The van der Waals surface area contributed by atoms with Gasteiger partial charge in [0.05, 0.1) is 35.3 Å². The van der Waals surface area contributed by atoms with Gasteiger partial charge in [0.25, 0.3) is 5.91 Å². The van der Waals surface area contributed by atoms with Gasteiger partial charge >= 0.3 is 0 Å². The highest BCUT2D eigenvalue weighted by atomic mass is 16.2. The SMILES string of the molecule is Cc1cc(C2CCCCN2C(=O)c2ccc3cncn3c2)n[nH]1. The minimum Gasteiger partial charge on any atom is -0.330 e. The van der Waals surface area contributed by atoms with Crippen LogP contribution in [0.4, 0.5) is 0 Å². The Balaban J connectivity index is 1.66. The summed E-state index contributed by atoms with van der Waals surface area (Å²) in [6.07, 6.45) is 8.48. The number of fused-ring (bicyclic) bond motifs is 1. The molecule has 6 nitrogen and oxygen atoms in total. The van der Waals surface area contributed by atoms with Gasteiger partial charge in [0, 0.05) is 18.4 Å². The number of carbonyl (C=O) groups excluding carboxylic acids is 1. The maximum absolute atomic E-state index is 13.0. The molecule has 23 heavy (non-hydrogen) atoms. The lowest BCUT2D eigenvalue weighted by molar-refractivity contribution is 0.0605. The Bertz CT molecular complexity index is 849. The molecule has 1 saturated heterocycles. The number of likely N-dealkylation sites (tertiary alicyclic amines) is 1. The van der Waals surface area contributed by atoms with E-state index in [0.29, 0.717) is 5.56 Å². The molecule has 3 aromatic rings. The normalized spacial score (nSPS) is 18.5. The zero-order valence-electron chi connectivity index (χ0n) is 13.1. The van der Waals surface area contributed by atoms with Crippen molar-refractivity contribution in [3.05, 3.63) is 53.9 Å². The maximum atomic E-state index is 13.0. The fraction of sp³-hybridized carbons (Fsp3) is 0.353. The summed E-state index contributed by atoms with van der Waals surface area (Å²) in [4.78, 5) is 19.1. The van der Waals surface area contributed by atoms with Crippen molar-refractivity contribution in [1.29, 1.82) is 0 Å². The van der Waals surface area contributed by atoms with Crippen molar-refractivity contribution in [1.82, 2.24) is 24.5 Å². The van der Waals surface area contributed by atoms with Gasteiger partial charge in [-0.3, -0.25) is 9.89 Å². The molecule has 1 N–H and O–H groups in total. The third-order valence-electron chi connectivity index (χ3n) is 4.49. The maximum Gasteiger partial charge on any atom is 0.255 e. The summed E-state index contributed by atoms with van der Waals surface area (Å²) in [5.41, 5.74) is 3.66. The molecule has 1 fully saturated rings. The highest BCUT2D eigenvalue weighted by molar-refractivity contribution is 5.94. The van der Waals surface area contributed by atoms with Crippen LogP contribution in [0.15, 0.2) is 36.9 Å².